The molecule has 1 aliphatic rings. The summed E-state index contributed by atoms with van der Waals surface area (Å²) in [6, 6.07) is 16.0. The number of aliphatic imine (C=N–C) groups is 1. The summed E-state index contributed by atoms with van der Waals surface area (Å²) in [5.74, 6) is 0.292. The Labute approximate surface area is 192 Å². The topological polar surface area (TPSA) is 66.0 Å². The fraction of sp³-hybridized carbons (Fsp3) is 0.462. The number of carbonyl (C=O) groups excluding carboxylic acids is 1. The Balaban J connectivity index is 1.69. The van der Waals surface area contributed by atoms with E-state index in [0.717, 1.165) is 45.0 Å². The van der Waals surface area contributed by atoms with Gasteiger partial charge in [0.1, 0.15) is 0 Å². The zero-order chi connectivity index (χ0) is 23.0. The van der Waals surface area contributed by atoms with Gasteiger partial charge in [-0.3, -0.25) is 20.0 Å². The van der Waals surface area contributed by atoms with Crippen LogP contribution in [0.25, 0.3) is 0 Å². The first kappa shape index (κ1) is 24.0. The lowest BCUT2D eigenvalue weighted by Crippen LogP contribution is -2.39. The molecule has 0 radical (unpaired) electrons. The number of carbonyl (C=O) groups is 1. The summed E-state index contributed by atoms with van der Waals surface area (Å²) in [6.45, 7) is 13.4. The summed E-state index contributed by atoms with van der Waals surface area (Å²) in [6.07, 6.45) is 0.988. The van der Waals surface area contributed by atoms with Crippen molar-refractivity contribution in [1.82, 2.24) is 10.2 Å². The second-order valence-corrected chi connectivity index (χ2v) is 9.14. The van der Waals surface area contributed by atoms with Gasteiger partial charge in [0.25, 0.3) is 5.91 Å². The van der Waals surface area contributed by atoms with Crippen molar-refractivity contribution in [3.63, 3.8) is 0 Å². The molecular formula is C26H36N4O2. The minimum absolute atomic E-state index is 0.0489. The number of nitrogens with one attached hydrogen (secondary N) is 2. The predicted molar refractivity (Wildman–Crippen MR) is 132 cm³/mol. The Morgan fingerprint density at radius 2 is 1.69 bits per heavy atom. The van der Waals surface area contributed by atoms with Crippen LogP contribution >= 0.6 is 0 Å². The molecule has 0 aliphatic carbocycles. The fourth-order valence-electron chi connectivity index (χ4n) is 3.50. The third-order valence-corrected chi connectivity index (χ3v) is 5.66. The van der Waals surface area contributed by atoms with E-state index >= 15 is 0 Å². The molecule has 1 heterocycles. The summed E-state index contributed by atoms with van der Waals surface area (Å²) in [7, 11) is 0. The molecule has 0 spiro atoms. The summed E-state index contributed by atoms with van der Waals surface area (Å²) in [4.78, 5) is 19.9. The van der Waals surface area contributed by atoms with Gasteiger partial charge in [-0.1, -0.05) is 52.0 Å². The molecule has 0 saturated carbocycles. The average Bonchev–Trinajstić information content (AvgIpc) is 2.79. The molecule has 32 heavy (non-hydrogen) atoms. The normalized spacial score (nSPS) is 15.4. The van der Waals surface area contributed by atoms with Gasteiger partial charge in [0.2, 0.25) is 5.96 Å². The molecule has 1 aliphatic heterocycles. The molecule has 1 fully saturated rings. The van der Waals surface area contributed by atoms with Crippen LogP contribution in [-0.4, -0.2) is 56.2 Å². The number of nitrogens with zero attached hydrogens (tertiary/aromatic N) is 2. The first-order valence-electron chi connectivity index (χ1n) is 11.5. The maximum Gasteiger partial charge on any atom is 0.257 e. The molecule has 0 unspecified atom stereocenters. The van der Waals surface area contributed by atoms with Crippen LogP contribution in [0.15, 0.2) is 53.5 Å². The van der Waals surface area contributed by atoms with E-state index in [9.17, 15) is 4.79 Å². The van der Waals surface area contributed by atoms with E-state index in [-0.39, 0.29) is 11.3 Å². The summed E-state index contributed by atoms with van der Waals surface area (Å²) < 4.78 is 5.41. The van der Waals surface area contributed by atoms with Gasteiger partial charge in [-0.15, -0.1) is 0 Å². The van der Waals surface area contributed by atoms with Crippen LogP contribution in [0.3, 0.4) is 0 Å². The van der Waals surface area contributed by atoms with Crippen molar-refractivity contribution in [2.24, 2.45) is 4.99 Å². The van der Waals surface area contributed by atoms with Crippen LogP contribution in [0, 0.1) is 0 Å². The number of hydrogen-bond donors (Lipinski definition) is 2. The number of aryl methyl sites for hydroxylation is 1. The van der Waals surface area contributed by atoms with E-state index < -0.39 is 0 Å². The van der Waals surface area contributed by atoms with Gasteiger partial charge in [0.15, 0.2) is 0 Å². The molecule has 1 saturated heterocycles. The molecule has 2 N–H and O–H groups in total. The smallest absolute Gasteiger partial charge is 0.257 e. The third-order valence-electron chi connectivity index (χ3n) is 5.66. The molecule has 3 rings (SSSR count). The molecule has 1 amide bonds. The molecule has 2 aromatic carbocycles. The maximum absolute atomic E-state index is 12.9. The van der Waals surface area contributed by atoms with Gasteiger partial charge in [0.05, 0.1) is 19.8 Å². The zero-order valence-electron chi connectivity index (χ0n) is 19.8. The predicted octanol–water partition coefficient (Wildman–Crippen LogP) is 4.08. The molecule has 0 bridgehead atoms. The quantitative estimate of drug-likeness (QED) is 0.529. The minimum Gasteiger partial charge on any atom is -0.379 e. The summed E-state index contributed by atoms with van der Waals surface area (Å²) >= 11 is 0. The van der Waals surface area contributed by atoms with Gasteiger partial charge in [-0.25, -0.2) is 0 Å². The van der Waals surface area contributed by atoms with Crippen LogP contribution in [0.1, 0.15) is 49.2 Å². The highest BCUT2D eigenvalue weighted by molar-refractivity contribution is 6.09. The zero-order valence-corrected chi connectivity index (χ0v) is 19.8. The van der Waals surface area contributed by atoms with Crippen LogP contribution in [0.5, 0.6) is 0 Å². The van der Waals surface area contributed by atoms with E-state index in [4.69, 9.17) is 4.74 Å². The van der Waals surface area contributed by atoms with Crippen LogP contribution < -0.4 is 10.6 Å². The van der Waals surface area contributed by atoms with E-state index in [0.29, 0.717) is 18.1 Å². The third kappa shape index (κ3) is 7.18. The molecular weight excluding hydrogens is 400 g/mol. The number of morpholine rings is 1. The van der Waals surface area contributed by atoms with Crippen molar-refractivity contribution in [2.75, 3.05) is 44.7 Å². The van der Waals surface area contributed by atoms with Crippen molar-refractivity contribution in [2.45, 2.75) is 39.5 Å². The Morgan fingerprint density at radius 1 is 1.03 bits per heavy atom. The Morgan fingerprint density at radius 3 is 2.28 bits per heavy atom. The Bertz CT molecular complexity index is 893. The van der Waals surface area contributed by atoms with Crippen LogP contribution in [-0.2, 0) is 16.6 Å². The van der Waals surface area contributed by atoms with Crippen molar-refractivity contribution < 1.29 is 9.53 Å². The average molecular weight is 437 g/mol. The van der Waals surface area contributed by atoms with Crippen molar-refractivity contribution in [3.8, 4) is 0 Å². The standard InChI is InChI=1S/C26H36N4O2/c1-5-20-6-12-23(13-7-20)28-25(27-14-15-30-16-18-32-19-17-30)29-24(31)21-8-10-22(11-9-21)26(2,3)4/h6-13H,5,14-19H2,1-4H3,(H2,27,28,29,31). The first-order valence-corrected chi connectivity index (χ1v) is 11.5. The Kier molecular flexibility index (Phi) is 8.42. The number of anilines is 1. The van der Waals surface area contributed by atoms with Gasteiger partial charge >= 0.3 is 0 Å². The van der Waals surface area contributed by atoms with Crippen molar-refractivity contribution in [3.05, 3.63) is 65.2 Å². The highest BCUT2D eigenvalue weighted by atomic mass is 16.5. The minimum atomic E-state index is -0.173. The monoisotopic (exact) mass is 436 g/mol. The number of hydrogen-bond acceptors (Lipinski definition) is 4. The van der Waals surface area contributed by atoms with Gasteiger partial charge in [-0.05, 0) is 47.2 Å². The molecule has 6 heteroatoms. The highest BCUT2D eigenvalue weighted by Crippen LogP contribution is 2.22. The lowest BCUT2D eigenvalue weighted by Gasteiger charge is -2.25. The molecule has 2 aromatic rings. The molecule has 172 valence electrons. The molecule has 0 aromatic heterocycles. The second kappa shape index (κ2) is 11.2. The van der Waals surface area contributed by atoms with Crippen molar-refractivity contribution >= 4 is 17.6 Å². The molecule has 0 atom stereocenters. The lowest BCUT2D eigenvalue weighted by atomic mass is 9.87. The first-order chi connectivity index (χ1) is 15.3. The van der Waals surface area contributed by atoms with Crippen LogP contribution in [0.2, 0.25) is 0 Å². The highest BCUT2D eigenvalue weighted by Gasteiger charge is 2.15. The van der Waals surface area contributed by atoms with Gasteiger partial charge in [-0.2, -0.15) is 0 Å². The summed E-state index contributed by atoms with van der Waals surface area (Å²) in [5.41, 5.74) is 4.03. The summed E-state index contributed by atoms with van der Waals surface area (Å²) in [5, 5.41) is 6.24. The van der Waals surface area contributed by atoms with Crippen LogP contribution in [0.4, 0.5) is 5.69 Å². The van der Waals surface area contributed by atoms with E-state index in [1.165, 1.54) is 11.1 Å². The van der Waals surface area contributed by atoms with Crippen molar-refractivity contribution in [1.29, 1.82) is 0 Å². The van der Waals surface area contributed by atoms with Gasteiger partial charge < -0.3 is 10.1 Å². The van der Waals surface area contributed by atoms with Gasteiger partial charge in [0, 0.05) is 30.9 Å². The fourth-order valence-corrected chi connectivity index (χ4v) is 3.50. The largest absolute Gasteiger partial charge is 0.379 e. The number of guanidine groups is 1. The SMILES string of the molecule is CCc1ccc(NC(=NCCN2CCOCC2)NC(=O)c2ccc(C(C)(C)C)cc2)cc1. The maximum atomic E-state index is 12.9. The number of amides is 1. The van der Waals surface area contributed by atoms with E-state index in [2.05, 4.69) is 60.4 Å². The second-order valence-electron chi connectivity index (χ2n) is 9.14. The van der Waals surface area contributed by atoms with E-state index in [1.807, 2.05) is 36.4 Å². The van der Waals surface area contributed by atoms with E-state index in [1.54, 1.807) is 0 Å². The Hall–Kier alpha value is -2.70. The lowest BCUT2D eigenvalue weighted by molar-refractivity contribution is 0.0394. The number of ether oxygens (including phenoxy) is 1. The number of benzene rings is 2. The number of rotatable bonds is 6. The molecule has 6 nitrogen and oxygen atoms in total.